The van der Waals surface area contributed by atoms with Crippen LogP contribution in [-0.2, 0) is 17.8 Å². The Labute approximate surface area is 178 Å². The van der Waals surface area contributed by atoms with Crippen molar-refractivity contribution in [2.24, 2.45) is 5.92 Å². The molecule has 2 aromatic carbocycles. The first-order chi connectivity index (χ1) is 13.6. The predicted molar refractivity (Wildman–Crippen MR) is 118 cm³/mol. The lowest BCUT2D eigenvalue weighted by atomic mass is 9.96. The zero-order chi connectivity index (χ0) is 19.9. The molecule has 0 aromatic heterocycles. The van der Waals surface area contributed by atoms with Crippen molar-refractivity contribution in [1.29, 1.82) is 0 Å². The van der Waals surface area contributed by atoms with Crippen LogP contribution in [0.5, 0.6) is 0 Å². The van der Waals surface area contributed by atoms with Gasteiger partial charge in [0.15, 0.2) is 0 Å². The van der Waals surface area contributed by atoms with E-state index in [4.69, 9.17) is 23.2 Å². The number of nitrogens with zero attached hydrogens (tertiary/aromatic N) is 1. The van der Waals surface area contributed by atoms with Crippen LogP contribution in [0.3, 0.4) is 0 Å². The van der Waals surface area contributed by atoms with E-state index in [9.17, 15) is 4.79 Å². The third-order valence-electron chi connectivity index (χ3n) is 5.36. The van der Waals surface area contributed by atoms with Crippen molar-refractivity contribution in [3.8, 4) is 0 Å². The van der Waals surface area contributed by atoms with Gasteiger partial charge < -0.3 is 5.32 Å². The molecule has 1 aliphatic rings. The number of likely N-dealkylation sites (tertiary alicyclic amines) is 1. The Morgan fingerprint density at radius 2 is 1.86 bits per heavy atom. The lowest BCUT2D eigenvalue weighted by Crippen LogP contribution is -2.40. The molecule has 3 rings (SSSR count). The zero-order valence-corrected chi connectivity index (χ0v) is 17.9. The van der Waals surface area contributed by atoms with Crippen LogP contribution in [-0.4, -0.2) is 23.9 Å². The van der Waals surface area contributed by atoms with Gasteiger partial charge in [0.05, 0.1) is 5.92 Å². The smallest absolute Gasteiger partial charge is 0.228 e. The highest BCUT2D eigenvalue weighted by Gasteiger charge is 2.26. The number of carbonyl (C=O) groups is 1. The van der Waals surface area contributed by atoms with E-state index in [-0.39, 0.29) is 11.8 Å². The number of carbonyl (C=O) groups excluding carboxylic acids is 1. The summed E-state index contributed by atoms with van der Waals surface area (Å²) in [5.41, 5.74) is 3.13. The van der Waals surface area contributed by atoms with Crippen LogP contribution in [0.4, 0.5) is 5.69 Å². The lowest BCUT2D eigenvalue weighted by molar-refractivity contribution is -0.121. The molecule has 0 radical (unpaired) electrons. The molecular formula is C23H28Cl2N2O. The van der Waals surface area contributed by atoms with E-state index < -0.39 is 0 Å². The standard InChI is InChI=1S/C23H28Cl2N2O/c1-2-3-6-17-10-12-19(13-11-17)26-23(28)18-7-5-14-27(15-18)16-20-21(24)8-4-9-22(20)25/h4,8-13,18H,2-3,5-7,14-16H2,1H3,(H,26,28)/t18-/m0/s1. The Morgan fingerprint density at radius 1 is 1.14 bits per heavy atom. The number of hydrogen-bond donors (Lipinski definition) is 1. The van der Waals surface area contributed by atoms with Gasteiger partial charge in [-0.25, -0.2) is 0 Å². The molecule has 0 aliphatic carbocycles. The van der Waals surface area contributed by atoms with Crippen molar-refractivity contribution in [3.63, 3.8) is 0 Å². The summed E-state index contributed by atoms with van der Waals surface area (Å²) in [7, 11) is 0. The van der Waals surface area contributed by atoms with Gasteiger partial charge in [-0.15, -0.1) is 0 Å². The maximum absolute atomic E-state index is 12.8. The largest absolute Gasteiger partial charge is 0.326 e. The van der Waals surface area contributed by atoms with Gasteiger partial charge >= 0.3 is 0 Å². The molecule has 1 aliphatic heterocycles. The number of nitrogens with one attached hydrogen (secondary N) is 1. The Hall–Kier alpha value is -1.55. The molecule has 5 heteroatoms. The number of rotatable bonds is 7. The average Bonchev–Trinajstić information content (AvgIpc) is 2.70. The quantitative estimate of drug-likeness (QED) is 0.581. The molecule has 1 heterocycles. The van der Waals surface area contributed by atoms with E-state index in [1.165, 1.54) is 18.4 Å². The van der Waals surface area contributed by atoms with Crippen molar-refractivity contribution in [1.82, 2.24) is 4.90 Å². The van der Waals surface area contributed by atoms with Gasteiger partial charge in [-0.05, 0) is 62.1 Å². The minimum atomic E-state index is -0.0187. The van der Waals surface area contributed by atoms with Crippen LogP contribution >= 0.6 is 23.2 Å². The molecule has 0 saturated carbocycles. The molecule has 2 aromatic rings. The van der Waals surface area contributed by atoms with Crippen molar-refractivity contribution in [2.75, 3.05) is 18.4 Å². The molecule has 1 atom stereocenters. The molecule has 1 N–H and O–H groups in total. The van der Waals surface area contributed by atoms with Crippen LogP contribution in [0.15, 0.2) is 42.5 Å². The minimum Gasteiger partial charge on any atom is -0.326 e. The van der Waals surface area contributed by atoms with Crippen LogP contribution in [0, 0.1) is 5.92 Å². The summed E-state index contributed by atoms with van der Waals surface area (Å²) in [4.78, 5) is 15.0. The maximum Gasteiger partial charge on any atom is 0.228 e. The molecule has 1 saturated heterocycles. The Balaban J connectivity index is 1.57. The second-order valence-electron chi connectivity index (χ2n) is 7.56. The molecular weight excluding hydrogens is 391 g/mol. The van der Waals surface area contributed by atoms with E-state index in [0.717, 1.165) is 43.6 Å². The van der Waals surface area contributed by atoms with E-state index in [1.54, 1.807) is 0 Å². The summed E-state index contributed by atoms with van der Waals surface area (Å²) in [6, 6.07) is 13.8. The summed E-state index contributed by atoms with van der Waals surface area (Å²) in [6.45, 7) is 4.55. The normalized spacial score (nSPS) is 17.5. The number of unbranched alkanes of at least 4 members (excludes halogenated alkanes) is 1. The zero-order valence-electron chi connectivity index (χ0n) is 16.4. The molecule has 3 nitrogen and oxygen atoms in total. The van der Waals surface area contributed by atoms with Gasteiger partial charge in [0, 0.05) is 34.4 Å². The molecule has 0 bridgehead atoms. The van der Waals surface area contributed by atoms with E-state index in [1.807, 2.05) is 30.3 Å². The summed E-state index contributed by atoms with van der Waals surface area (Å²) >= 11 is 12.6. The summed E-state index contributed by atoms with van der Waals surface area (Å²) in [5, 5.41) is 4.45. The maximum atomic E-state index is 12.8. The van der Waals surface area contributed by atoms with Crippen molar-refractivity contribution < 1.29 is 4.79 Å². The lowest BCUT2D eigenvalue weighted by Gasteiger charge is -2.32. The number of benzene rings is 2. The van der Waals surface area contributed by atoms with E-state index >= 15 is 0 Å². The first kappa shape index (κ1) is 21.2. The number of piperidine rings is 1. The van der Waals surface area contributed by atoms with Crippen molar-refractivity contribution in [2.45, 2.75) is 45.6 Å². The van der Waals surface area contributed by atoms with Crippen LogP contribution in [0.1, 0.15) is 43.7 Å². The molecule has 28 heavy (non-hydrogen) atoms. The van der Waals surface area contributed by atoms with Crippen LogP contribution < -0.4 is 5.32 Å². The van der Waals surface area contributed by atoms with Gasteiger partial charge in [0.1, 0.15) is 0 Å². The third-order valence-corrected chi connectivity index (χ3v) is 6.07. The monoisotopic (exact) mass is 418 g/mol. The first-order valence-corrected chi connectivity index (χ1v) is 10.9. The number of aryl methyl sites for hydroxylation is 1. The van der Waals surface area contributed by atoms with Gasteiger partial charge in [-0.3, -0.25) is 9.69 Å². The Kier molecular flexibility index (Phi) is 7.78. The van der Waals surface area contributed by atoms with Gasteiger partial charge in [-0.2, -0.15) is 0 Å². The fraction of sp³-hybridized carbons (Fsp3) is 0.435. The number of amides is 1. The second kappa shape index (κ2) is 10.3. The van der Waals surface area contributed by atoms with Crippen molar-refractivity contribution >= 4 is 34.8 Å². The number of halogens is 2. The highest BCUT2D eigenvalue weighted by atomic mass is 35.5. The molecule has 0 spiro atoms. The Bertz CT molecular complexity index is 771. The molecule has 0 unspecified atom stereocenters. The van der Waals surface area contributed by atoms with Gasteiger partial charge in [0.25, 0.3) is 0 Å². The molecule has 1 amide bonds. The van der Waals surface area contributed by atoms with E-state index in [2.05, 4.69) is 29.3 Å². The summed E-state index contributed by atoms with van der Waals surface area (Å²) in [6.07, 6.45) is 5.38. The summed E-state index contributed by atoms with van der Waals surface area (Å²) < 4.78 is 0. The van der Waals surface area contributed by atoms with Crippen LogP contribution in [0.2, 0.25) is 10.0 Å². The SMILES string of the molecule is CCCCc1ccc(NC(=O)[C@H]2CCCN(Cc3c(Cl)cccc3Cl)C2)cc1. The van der Waals surface area contributed by atoms with E-state index in [0.29, 0.717) is 16.6 Å². The third kappa shape index (κ3) is 5.73. The van der Waals surface area contributed by atoms with Gasteiger partial charge in [-0.1, -0.05) is 54.7 Å². The Morgan fingerprint density at radius 3 is 2.54 bits per heavy atom. The molecule has 150 valence electrons. The van der Waals surface area contributed by atoms with Crippen LogP contribution in [0.25, 0.3) is 0 Å². The number of anilines is 1. The highest BCUT2D eigenvalue weighted by molar-refractivity contribution is 6.35. The average molecular weight is 419 g/mol. The highest BCUT2D eigenvalue weighted by Crippen LogP contribution is 2.28. The fourth-order valence-electron chi connectivity index (χ4n) is 3.70. The minimum absolute atomic E-state index is 0.0187. The first-order valence-electron chi connectivity index (χ1n) is 10.1. The predicted octanol–water partition coefficient (Wildman–Crippen LogP) is 6.19. The fourth-order valence-corrected chi connectivity index (χ4v) is 4.22. The summed E-state index contributed by atoms with van der Waals surface area (Å²) in [5.74, 6) is 0.0750. The topological polar surface area (TPSA) is 32.3 Å². The van der Waals surface area contributed by atoms with Gasteiger partial charge in [0.2, 0.25) is 5.91 Å². The van der Waals surface area contributed by atoms with Crippen molar-refractivity contribution in [3.05, 3.63) is 63.6 Å². The second-order valence-corrected chi connectivity index (χ2v) is 8.38. The molecule has 1 fully saturated rings. The number of hydrogen-bond acceptors (Lipinski definition) is 2.